The minimum Gasteiger partial charge on any atom is -0.347 e. The fourth-order valence-electron chi connectivity index (χ4n) is 2.39. The smallest absolute Gasteiger partial charge is 0.238 e. The Morgan fingerprint density at radius 3 is 2.40 bits per heavy atom. The van der Waals surface area contributed by atoms with Crippen molar-refractivity contribution in [3.8, 4) is 0 Å². The molecule has 0 saturated carbocycles. The third kappa shape index (κ3) is 5.33. The van der Waals surface area contributed by atoms with E-state index in [4.69, 9.17) is 0 Å². The van der Waals surface area contributed by atoms with E-state index in [0.717, 1.165) is 6.42 Å². The number of unbranched alkanes of at least 4 members (excludes halogenated alkanes) is 2. The van der Waals surface area contributed by atoms with Gasteiger partial charge in [-0.3, -0.25) is 10.1 Å². The largest absolute Gasteiger partial charge is 0.347 e. The van der Waals surface area contributed by atoms with Crippen molar-refractivity contribution in [2.75, 3.05) is 14.1 Å². The number of nitrogens with one attached hydrogen (secondary N) is 1. The predicted molar refractivity (Wildman–Crippen MR) is 84.6 cm³/mol. The number of nitrogens with zero attached hydrogens (tertiary/aromatic N) is 1. The zero-order valence-electron chi connectivity index (χ0n) is 13.2. The summed E-state index contributed by atoms with van der Waals surface area (Å²) in [5.41, 5.74) is 1.27. The van der Waals surface area contributed by atoms with Crippen LogP contribution in [-0.4, -0.2) is 30.9 Å². The van der Waals surface area contributed by atoms with Crippen LogP contribution in [0.3, 0.4) is 0 Å². The average molecular weight is 276 g/mol. The van der Waals surface area contributed by atoms with Crippen LogP contribution in [0.1, 0.15) is 51.1 Å². The molecule has 2 unspecified atom stereocenters. The zero-order valence-corrected chi connectivity index (χ0v) is 13.2. The van der Waals surface area contributed by atoms with Crippen LogP contribution in [0, 0.1) is 0 Å². The molecule has 0 aliphatic rings. The predicted octanol–water partition coefficient (Wildman–Crippen LogP) is 3.37. The normalized spacial score (nSPS) is 13.8. The molecule has 1 amide bonds. The summed E-state index contributed by atoms with van der Waals surface area (Å²) >= 11 is 0. The fourth-order valence-corrected chi connectivity index (χ4v) is 2.39. The second kappa shape index (κ2) is 8.75. The van der Waals surface area contributed by atoms with Crippen molar-refractivity contribution in [2.45, 2.75) is 51.6 Å². The van der Waals surface area contributed by atoms with Crippen LogP contribution in [-0.2, 0) is 4.79 Å². The number of rotatable bonds is 8. The van der Waals surface area contributed by atoms with Gasteiger partial charge in [0.2, 0.25) is 5.91 Å². The number of carbonyl (C=O) groups excluding carboxylic acids is 1. The van der Waals surface area contributed by atoms with E-state index in [-0.39, 0.29) is 18.0 Å². The number of hydrogen-bond acceptors (Lipinski definition) is 2. The second-order valence-corrected chi connectivity index (χ2v) is 5.58. The number of likely N-dealkylation sites (N-methyl/N-ethyl adjacent to an activating group) is 1. The fraction of sp³-hybridized carbons (Fsp3) is 0.588. The lowest BCUT2D eigenvalue weighted by molar-refractivity contribution is -0.130. The van der Waals surface area contributed by atoms with Gasteiger partial charge in [0.05, 0.1) is 6.04 Å². The highest BCUT2D eigenvalue weighted by Crippen LogP contribution is 2.20. The standard InChI is InChI=1S/C17H28N2O/c1-5-6-8-13-16(15-11-9-7-10-12-15)18-14(2)17(20)19(3)4/h7,9-12,14,16,18H,5-6,8,13H2,1-4H3. The lowest BCUT2D eigenvalue weighted by Gasteiger charge is -2.25. The molecular formula is C17H28N2O. The Kier molecular flexibility index (Phi) is 7.31. The molecule has 1 rings (SSSR count). The first-order valence-electron chi connectivity index (χ1n) is 7.58. The van der Waals surface area contributed by atoms with E-state index in [9.17, 15) is 4.79 Å². The molecule has 0 heterocycles. The van der Waals surface area contributed by atoms with E-state index < -0.39 is 0 Å². The maximum absolute atomic E-state index is 12.0. The van der Waals surface area contributed by atoms with Crippen molar-refractivity contribution in [1.82, 2.24) is 10.2 Å². The highest BCUT2D eigenvalue weighted by atomic mass is 16.2. The Morgan fingerprint density at radius 1 is 1.20 bits per heavy atom. The van der Waals surface area contributed by atoms with Crippen LogP contribution < -0.4 is 5.32 Å². The van der Waals surface area contributed by atoms with Crippen molar-refractivity contribution in [1.29, 1.82) is 0 Å². The van der Waals surface area contributed by atoms with Gasteiger partial charge in [-0.15, -0.1) is 0 Å². The summed E-state index contributed by atoms with van der Waals surface area (Å²) in [4.78, 5) is 13.6. The minimum atomic E-state index is -0.156. The maximum Gasteiger partial charge on any atom is 0.238 e. The van der Waals surface area contributed by atoms with Gasteiger partial charge in [0.15, 0.2) is 0 Å². The molecule has 1 N–H and O–H groups in total. The molecule has 1 aromatic rings. The Balaban J connectivity index is 2.70. The molecule has 0 aliphatic heterocycles. The molecule has 0 aliphatic carbocycles. The Bertz CT molecular complexity index is 389. The van der Waals surface area contributed by atoms with Crippen molar-refractivity contribution < 1.29 is 4.79 Å². The summed E-state index contributed by atoms with van der Waals surface area (Å²) in [5, 5.41) is 3.48. The SMILES string of the molecule is CCCCCC(NC(C)C(=O)N(C)C)c1ccccc1. The molecule has 0 fully saturated rings. The van der Waals surface area contributed by atoms with Gasteiger partial charge in [0.25, 0.3) is 0 Å². The van der Waals surface area contributed by atoms with Crippen molar-refractivity contribution in [3.63, 3.8) is 0 Å². The van der Waals surface area contributed by atoms with Crippen LogP contribution in [0.25, 0.3) is 0 Å². The summed E-state index contributed by atoms with van der Waals surface area (Å²) in [6.07, 6.45) is 4.71. The first-order valence-corrected chi connectivity index (χ1v) is 7.58. The quantitative estimate of drug-likeness (QED) is 0.738. The molecule has 2 atom stereocenters. The molecule has 3 heteroatoms. The van der Waals surface area contributed by atoms with Crippen LogP contribution in [0.2, 0.25) is 0 Å². The third-order valence-electron chi connectivity index (χ3n) is 3.56. The highest BCUT2D eigenvalue weighted by molar-refractivity contribution is 5.80. The number of amides is 1. The summed E-state index contributed by atoms with van der Waals surface area (Å²) < 4.78 is 0. The molecule has 0 radical (unpaired) electrons. The minimum absolute atomic E-state index is 0.126. The van der Waals surface area contributed by atoms with E-state index in [1.807, 2.05) is 13.0 Å². The van der Waals surface area contributed by atoms with E-state index >= 15 is 0 Å². The van der Waals surface area contributed by atoms with Crippen LogP contribution in [0.4, 0.5) is 0 Å². The summed E-state index contributed by atoms with van der Waals surface area (Å²) in [6.45, 7) is 4.15. The summed E-state index contributed by atoms with van der Waals surface area (Å²) in [6, 6.07) is 10.5. The van der Waals surface area contributed by atoms with E-state index in [2.05, 4.69) is 36.5 Å². The van der Waals surface area contributed by atoms with Gasteiger partial charge >= 0.3 is 0 Å². The first-order chi connectivity index (χ1) is 9.56. The molecule has 0 saturated heterocycles. The average Bonchev–Trinajstić information content (AvgIpc) is 2.46. The second-order valence-electron chi connectivity index (χ2n) is 5.58. The first kappa shape index (κ1) is 16.7. The molecule has 1 aromatic carbocycles. The molecule has 0 spiro atoms. The van der Waals surface area contributed by atoms with Gasteiger partial charge in [0, 0.05) is 20.1 Å². The molecule has 0 bridgehead atoms. The van der Waals surface area contributed by atoms with Gasteiger partial charge in [-0.05, 0) is 18.9 Å². The molecule has 0 aromatic heterocycles. The topological polar surface area (TPSA) is 32.3 Å². The van der Waals surface area contributed by atoms with Gasteiger partial charge < -0.3 is 4.90 Å². The van der Waals surface area contributed by atoms with E-state index in [1.54, 1.807) is 19.0 Å². The van der Waals surface area contributed by atoms with Crippen molar-refractivity contribution in [3.05, 3.63) is 35.9 Å². The van der Waals surface area contributed by atoms with E-state index in [0.29, 0.717) is 0 Å². The number of carbonyl (C=O) groups is 1. The lowest BCUT2D eigenvalue weighted by atomic mass is 9.99. The Morgan fingerprint density at radius 2 is 1.85 bits per heavy atom. The Labute approximate surface area is 123 Å². The van der Waals surface area contributed by atoms with Gasteiger partial charge in [-0.2, -0.15) is 0 Å². The zero-order chi connectivity index (χ0) is 15.0. The third-order valence-corrected chi connectivity index (χ3v) is 3.56. The molecule has 112 valence electrons. The Hall–Kier alpha value is -1.35. The van der Waals surface area contributed by atoms with Crippen molar-refractivity contribution >= 4 is 5.91 Å². The highest BCUT2D eigenvalue weighted by Gasteiger charge is 2.19. The molecular weight excluding hydrogens is 248 g/mol. The van der Waals surface area contributed by atoms with Crippen LogP contribution >= 0.6 is 0 Å². The molecule has 3 nitrogen and oxygen atoms in total. The number of benzene rings is 1. The molecule has 20 heavy (non-hydrogen) atoms. The van der Waals surface area contributed by atoms with Gasteiger partial charge in [-0.25, -0.2) is 0 Å². The lowest BCUT2D eigenvalue weighted by Crippen LogP contribution is -2.43. The van der Waals surface area contributed by atoms with Gasteiger partial charge in [0.1, 0.15) is 0 Å². The van der Waals surface area contributed by atoms with Crippen LogP contribution in [0.15, 0.2) is 30.3 Å². The van der Waals surface area contributed by atoms with Crippen LogP contribution in [0.5, 0.6) is 0 Å². The summed E-state index contributed by atoms with van der Waals surface area (Å²) in [5.74, 6) is 0.126. The monoisotopic (exact) mass is 276 g/mol. The van der Waals surface area contributed by atoms with E-state index in [1.165, 1.54) is 24.8 Å². The summed E-state index contributed by atoms with van der Waals surface area (Å²) in [7, 11) is 3.60. The van der Waals surface area contributed by atoms with Gasteiger partial charge in [-0.1, -0.05) is 56.5 Å². The van der Waals surface area contributed by atoms with Crippen molar-refractivity contribution in [2.24, 2.45) is 0 Å². The number of hydrogen-bond donors (Lipinski definition) is 1. The maximum atomic E-state index is 12.0.